The molecule has 2 aromatic rings. The highest BCUT2D eigenvalue weighted by Gasteiger charge is 2.18. The van der Waals surface area contributed by atoms with Gasteiger partial charge in [0.25, 0.3) is 5.91 Å². The van der Waals surface area contributed by atoms with Crippen LogP contribution < -0.4 is 16.8 Å². The Hall–Kier alpha value is -3.86. The molecule has 0 bridgehead atoms. The minimum absolute atomic E-state index is 0.0610. The maximum Gasteiger partial charge on any atom is 0.260 e. The summed E-state index contributed by atoms with van der Waals surface area (Å²) in [6, 6.07) is 7.85. The van der Waals surface area contributed by atoms with E-state index >= 15 is 0 Å². The number of nitriles is 1. The summed E-state index contributed by atoms with van der Waals surface area (Å²) in [5.41, 5.74) is 12.6. The first-order chi connectivity index (χ1) is 11.8. The Morgan fingerprint density at radius 2 is 2.04 bits per heavy atom. The molecule has 1 aromatic carbocycles. The number of nitrogens with zero attached hydrogens (tertiary/aromatic N) is 1. The normalized spacial score (nSPS) is 11.2. The quantitative estimate of drug-likeness (QED) is 0.319. The smallest absolute Gasteiger partial charge is 0.260 e. The van der Waals surface area contributed by atoms with Crippen molar-refractivity contribution in [2.45, 2.75) is 6.92 Å². The number of hydrogen-bond donors (Lipinski definition) is 5. The van der Waals surface area contributed by atoms with Gasteiger partial charge < -0.3 is 21.2 Å². The second kappa shape index (κ2) is 7.14. The van der Waals surface area contributed by atoms with Crippen LogP contribution in [0, 0.1) is 22.1 Å². The Morgan fingerprint density at radius 3 is 2.60 bits per heavy atom. The third-order valence-electron chi connectivity index (χ3n) is 3.37. The second-order valence-electron chi connectivity index (χ2n) is 5.19. The molecule has 126 valence electrons. The van der Waals surface area contributed by atoms with Gasteiger partial charge in [0, 0.05) is 28.2 Å². The predicted molar refractivity (Wildman–Crippen MR) is 94.3 cm³/mol. The van der Waals surface area contributed by atoms with Crippen molar-refractivity contribution in [2.24, 2.45) is 5.73 Å². The molecule has 25 heavy (non-hydrogen) atoms. The van der Waals surface area contributed by atoms with Gasteiger partial charge in [-0.2, -0.15) is 5.26 Å². The van der Waals surface area contributed by atoms with Crippen LogP contribution in [0.25, 0.3) is 0 Å². The van der Waals surface area contributed by atoms with Crippen molar-refractivity contribution in [3.05, 3.63) is 59.2 Å². The Labute approximate surface area is 143 Å². The van der Waals surface area contributed by atoms with Crippen LogP contribution in [-0.2, 0) is 4.79 Å². The number of benzene rings is 1. The van der Waals surface area contributed by atoms with Crippen LogP contribution in [0.5, 0.6) is 0 Å². The first-order valence-electron chi connectivity index (χ1n) is 7.13. The van der Waals surface area contributed by atoms with E-state index < -0.39 is 11.6 Å². The van der Waals surface area contributed by atoms with Crippen LogP contribution in [0.4, 0.5) is 11.4 Å². The maximum atomic E-state index is 12.3. The third-order valence-corrected chi connectivity index (χ3v) is 3.37. The van der Waals surface area contributed by atoms with Gasteiger partial charge in [-0.1, -0.05) is 0 Å². The first-order valence-corrected chi connectivity index (χ1v) is 7.13. The lowest BCUT2D eigenvalue weighted by Crippen LogP contribution is -2.23. The number of carbonyl (C=O) groups excluding carboxylic acids is 1. The molecule has 0 saturated carbocycles. The molecular formula is C17H16N6O2. The zero-order chi connectivity index (χ0) is 18.6. The first kappa shape index (κ1) is 17.5. The molecule has 1 aromatic heterocycles. The van der Waals surface area contributed by atoms with Crippen molar-refractivity contribution >= 4 is 28.7 Å². The highest BCUT2D eigenvalue weighted by atomic mass is 16.3. The van der Waals surface area contributed by atoms with E-state index in [1.54, 1.807) is 24.3 Å². The number of nitrogens with two attached hydrogens (primary N) is 2. The fraction of sp³-hybridized carbons (Fsp3) is 0.0588. The van der Waals surface area contributed by atoms with Gasteiger partial charge in [0.1, 0.15) is 11.8 Å². The lowest BCUT2D eigenvalue weighted by Gasteiger charge is -2.12. The van der Waals surface area contributed by atoms with Gasteiger partial charge in [0.05, 0.1) is 23.8 Å². The number of carbonyl (C=O) groups is 1. The number of nitrogens with one attached hydrogen (secondary N) is 3. The predicted octanol–water partition coefficient (Wildman–Crippen LogP) is 1.99. The number of rotatable bonds is 5. The number of amides is 1. The van der Waals surface area contributed by atoms with E-state index in [9.17, 15) is 4.79 Å². The Bertz CT molecular complexity index is 915. The number of hydrogen-bond acceptors (Lipinski definition) is 7. The van der Waals surface area contributed by atoms with Crippen molar-refractivity contribution < 1.29 is 9.21 Å². The van der Waals surface area contributed by atoms with Gasteiger partial charge in [0.15, 0.2) is 0 Å². The molecule has 0 aliphatic heterocycles. The molecule has 0 aliphatic rings. The van der Waals surface area contributed by atoms with Gasteiger partial charge in [-0.25, -0.2) is 0 Å². The molecule has 0 spiro atoms. The zero-order valence-corrected chi connectivity index (χ0v) is 13.4. The molecule has 1 amide bonds. The van der Waals surface area contributed by atoms with Gasteiger partial charge in [-0.3, -0.25) is 15.6 Å². The topological polar surface area (TPSA) is 166 Å². The van der Waals surface area contributed by atoms with E-state index in [0.717, 1.165) is 0 Å². The number of furan rings is 1. The van der Waals surface area contributed by atoms with E-state index in [1.807, 2.05) is 0 Å². The lowest BCUT2D eigenvalue weighted by atomic mass is 10.0. The minimum atomic E-state index is -0.683. The number of allylic oxidation sites excluding steroid dienone is 1. The van der Waals surface area contributed by atoms with Crippen molar-refractivity contribution in [3.8, 4) is 6.07 Å². The van der Waals surface area contributed by atoms with Gasteiger partial charge in [-0.05, 0) is 31.2 Å². The monoisotopic (exact) mass is 336 g/mol. The van der Waals surface area contributed by atoms with Gasteiger partial charge in [0.2, 0.25) is 0 Å². The molecule has 0 fully saturated rings. The Kier molecular flexibility index (Phi) is 5.00. The molecule has 1 heterocycles. The molecule has 0 unspecified atom stereocenters. The molecule has 7 N–H and O–H groups in total. The van der Waals surface area contributed by atoms with Crippen LogP contribution in [0.2, 0.25) is 0 Å². The molecular weight excluding hydrogens is 320 g/mol. The molecule has 8 heteroatoms. The number of nitrogen functional groups attached to an aromatic ring is 1. The summed E-state index contributed by atoms with van der Waals surface area (Å²) in [6.07, 6.45) is 2.86. The maximum absolute atomic E-state index is 12.3. The van der Waals surface area contributed by atoms with E-state index in [4.69, 9.17) is 32.0 Å². The fourth-order valence-corrected chi connectivity index (χ4v) is 2.15. The highest BCUT2D eigenvalue weighted by Crippen LogP contribution is 2.22. The Morgan fingerprint density at radius 1 is 1.32 bits per heavy atom. The Balaban J connectivity index is 2.33. The van der Waals surface area contributed by atoms with Crippen LogP contribution in [0.15, 0.2) is 52.5 Å². The fourth-order valence-electron chi connectivity index (χ4n) is 2.15. The van der Waals surface area contributed by atoms with Crippen LogP contribution in [0.3, 0.4) is 0 Å². The highest BCUT2D eigenvalue weighted by molar-refractivity contribution is 6.29. The van der Waals surface area contributed by atoms with Gasteiger partial charge in [-0.15, -0.1) is 0 Å². The van der Waals surface area contributed by atoms with E-state index in [2.05, 4.69) is 5.32 Å². The number of anilines is 2. The van der Waals surface area contributed by atoms with Crippen molar-refractivity contribution in [3.63, 3.8) is 0 Å². The summed E-state index contributed by atoms with van der Waals surface area (Å²) in [5, 5.41) is 27.1. The average Bonchev–Trinajstić information content (AvgIpc) is 3.10. The summed E-state index contributed by atoms with van der Waals surface area (Å²) in [6.45, 7) is 1.43. The standard InChI is InChI=1S/C17H16N6O2/c1-9(19)15(14(21)7-18)17(24)23-11-2-3-13(20)12(6-11)16(22)10-4-5-25-8-10/h2-6,8,21-22H,19-20H2,1H3,(H,23,24). The summed E-state index contributed by atoms with van der Waals surface area (Å²) in [4.78, 5) is 12.3. The van der Waals surface area contributed by atoms with Crippen LogP contribution >= 0.6 is 0 Å². The molecule has 0 saturated heterocycles. The molecule has 0 aliphatic carbocycles. The summed E-state index contributed by atoms with van der Waals surface area (Å²) in [5.74, 6) is -0.683. The average molecular weight is 336 g/mol. The van der Waals surface area contributed by atoms with E-state index in [-0.39, 0.29) is 17.0 Å². The SMILES string of the molecule is CC(N)=C(C(=N)C#N)C(=O)Nc1ccc(N)c(C(=N)c2ccoc2)c1. The zero-order valence-electron chi connectivity index (χ0n) is 13.4. The molecule has 0 radical (unpaired) electrons. The molecule has 2 rings (SSSR count). The third kappa shape index (κ3) is 3.73. The van der Waals surface area contributed by atoms with E-state index in [0.29, 0.717) is 22.5 Å². The summed E-state index contributed by atoms with van der Waals surface area (Å²) < 4.78 is 4.96. The van der Waals surface area contributed by atoms with Crippen molar-refractivity contribution in [1.29, 1.82) is 16.1 Å². The van der Waals surface area contributed by atoms with Crippen molar-refractivity contribution in [2.75, 3.05) is 11.1 Å². The summed E-state index contributed by atoms with van der Waals surface area (Å²) in [7, 11) is 0. The van der Waals surface area contributed by atoms with E-state index in [1.165, 1.54) is 25.5 Å². The second-order valence-corrected chi connectivity index (χ2v) is 5.19. The molecule has 8 nitrogen and oxygen atoms in total. The minimum Gasteiger partial charge on any atom is -0.472 e. The largest absolute Gasteiger partial charge is 0.472 e. The van der Waals surface area contributed by atoms with Crippen molar-refractivity contribution in [1.82, 2.24) is 0 Å². The van der Waals surface area contributed by atoms with Crippen LogP contribution in [0.1, 0.15) is 18.1 Å². The lowest BCUT2D eigenvalue weighted by molar-refractivity contribution is -0.112. The van der Waals surface area contributed by atoms with Crippen LogP contribution in [-0.4, -0.2) is 17.3 Å². The van der Waals surface area contributed by atoms with Gasteiger partial charge >= 0.3 is 0 Å². The summed E-state index contributed by atoms with van der Waals surface area (Å²) >= 11 is 0. The molecule has 0 atom stereocenters.